The summed E-state index contributed by atoms with van der Waals surface area (Å²) >= 11 is 0. The molecule has 2 aromatic heterocycles. The van der Waals surface area contributed by atoms with E-state index in [9.17, 15) is 14.9 Å². The summed E-state index contributed by atoms with van der Waals surface area (Å²) in [7, 11) is 0. The van der Waals surface area contributed by atoms with Gasteiger partial charge in [0, 0.05) is 23.9 Å². The van der Waals surface area contributed by atoms with Gasteiger partial charge in [0.05, 0.1) is 11.1 Å². The van der Waals surface area contributed by atoms with Crippen molar-refractivity contribution in [3.63, 3.8) is 0 Å². The number of fused-ring (bicyclic) bond motifs is 1. The van der Waals surface area contributed by atoms with Crippen molar-refractivity contribution in [3.05, 3.63) is 75.7 Å². The summed E-state index contributed by atoms with van der Waals surface area (Å²) < 4.78 is 1.72. The van der Waals surface area contributed by atoms with Crippen molar-refractivity contribution in [2.45, 2.75) is 6.92 Å². The van der Waals surface area contributed by atoms with Gasteiger partial charge in [0.1, 0.15) is 11.3 Å². The summed E-state index contributed by atoms with van der Waals surface area (Å²) in [4.78, 5) is 26.8. The molecule has 0 atom stereocenters. The number of aryl methyl sites for hydroxylation is 1. The van der Waals surface area contributed by atoms with Gasteiger partial charge < -0.3 is 0 Å². The number of imidazole rings is 1. The number of aromatic nitrogens is 2. The maximum Gasteiger partial charge on any atom is 0.269 e. The molecule has 0 spiro atoms. The molecule has 0 N–H and O–H groups in total. The van der Waals surface area contributed by atoms with E-state index in [4.69, 9.17) is 0 Å². The maximum atomic E-state index is 12.5. The molecule has 0 saturated heterocycles. The van der Waals surface area contributed by atoms with E-state index >= 15 is 0 Å². The highest BCUT2D eigenvalue weighted by molar-refractivity contribution is 6.08. The largest absolute Gasteiger partial charge is 0.296 e. The molecule has 0 radical (unpaired) electrons. The lowest BCUT2D eigenvalue weighted by atomic mass is 10.1. The Morgan fingerprint density at radius 3 is 2.57 bits per heavy atom. The Morgan fingerprint density at radius 1 is 1.19 bits per heavy atom. The van der Waals surface area contributed by atoms with Gasteiger partial charge >= 0.3 is 0 Å². The van der Waals surface area contributed by atoms with Gasteiger partial charge in [-0.25, -0.2) is 4.98 Å². The summed E-state index contributed by atoms with van der Waals surface area (Å²) in [5.41, 5.74) is 2.48. The van der Waals surface area contributed by atoms with Crippen LogP contribution >= 0.6 is 0 Å². The Hall–Kier alpha value is -3.02. The van der Waals surface area contributed by atoms with Gasteiger partial charge in [-0.2, -0.15) is 0 Å². The second-order valence-corrected chi connectivity index (χ2v) is 4.71. The topological polar surface area (TPSA) is 77.5 Å². The number of pyridine rings is 1. The molecule has 0 amide bonds. The Balaban J connectivity index is 2.04. The number of rotatable bonds is 3. The molecule has 104 valence electrons. The molecule has 3 rings (SSSR count). The second-order valence-electron chi connectivity index (χ2n) is 4.71. The van der Waals surface area contributed by atoms with E-state index in [1.807, 2.05) is 25.3 Å². The summed E-state index contributed by atoms with van der Waals surface area (Å²) in [5.74, 6) is -0.219. The second kappa shape index (κ2) is 4.82. The number of hydrogen-bond acceptors (Lipinski definition) is 4. The van der Waals surface area contributed by atoms with Crippen LogP contribution in [0.4, 0.5) is 5.69 Å². The van der Waals surface area contributed by atoms with Crippen LogP contribution in [0.1, 0.15) is 21.6 Å². The minimum absolute atomic E-state index is 0.0412. The van der Waals surface area contributed by atoms with Crippen molar-refractivity contribution >= 4 is 17.1 Å². The molecule has 6 heteroatoms. The molecule has 1 aromatic carbocycles. The van der Waals surface area contributed by atoms with E-state index in [1.54, 1.807) is 4.40 Å². The third-order valence-electron chi connectivity index (χ3n) is 3.23. The van der Waals surface area contributed by atoms with E-state index in [0.717, 1.165) is 5.56 Å². The van der Waals surface area contributed by atoms with Crippen LogP contribution < -0.4 is 0 Å². The quantitative estimate of drug-likeness (QED) is 0.420. The van der Waals surface area contributed by atoms with Crippen molar-refractivity contribution in [1.29, 1.82) is 0 Å². The third-order valence-corrected chi connectivity index (χ3v) is 3.23. The molecule has 3 aromatic rings. The molecule has 0 aliphatic rings. The fourth-order valence-electron chi connectivity index (χ4n) is 2.14. The Morgan fingerprint density at radius 2 is 1.90 bits per heavy atom. The number of non-ortho nitro benzene ring substituents is 1. The lowest BCUT2D eigenvalue weighted by molar-refractivity contribution is -0.384. The fourth-order valence-corrected chi connectivity index (χ4v) is 2.14. The smallest absolute Gasteiger partial charge is 0.269 e. The van der Waals surface area contributed by atoms with Gasteiger partial charge in [-0.1, -0.05) is 6.07 Å². The number of nitrogens with zero attached hydrogens (tertiary/aromatic N) is 3. The first kappa shape index (κ1) is 13.0. The molecular formula is C15H11N3O3. The Labute approximate surface area is 119 Å². The highest BCUT2D eigenvalue weighted by atomic mass is 16.6. The van der Waals surface area contributed by atoms with Crippen LogP contribution in [0.25, 0.3) is 5.65 Å². The van der Waals surface area contributed by atoms with Crippen LogP contribution in [0.5, 0.6) is 0 Å². The predicted octanol–water partition coefficient (Wildman–Crippen LogP) is 2.78. The number of benzene rings is 1. The van der Waals surface area contributed by atoms with Gasteiger partial charge in [0.15, 0.2) is 0 Å². The molecule has 0 fully saturated rings. The van der Waals surface area contributed by atoms with E-state index in [1.165, 1.54) is 30.5 Å². The summed E-state index contributed by atoms with van der Waals surface area (Å²) in [5, 5.41) is 10.6. The molecule has 2 heterocycles. The molecular weight excluding hydrogens is 270 g/mol. The zero-order valence-electron chi connectivity index (χ0n) is 11.2. The lowest BCUT2D eigenvalue weighted by Gasteiger charge is -2.02. The summed E-state index contributed by atoms with van der Waals surface area (Å²) in [6, 6.07) is 9.30. The predicted molar refractivity (Wildman–Crippen MR) is 76.5 cm³/mol. The molecule has 6 nitrogen and oxygen atoms in total. The standard InChI is InChI=1S/C15H11N3O3/c1-10-2-7-14-16-8-13(17(14)9-10)15(19)11-3-5-12(6-4-11)18(20)21/h2-9H,1H3. The number of carbonyl (C=O) groups excluding carboxylic acids is 1. The van der Waals surface area contributed by atoms with Crippen LogP contribution in [0, 0.1) is 17.0 Å². The molecule has 0 unspecified atom stereocenters. The fraction of sp³-hybridized carbons (Fsp3) is 0.0667. The lowest BCUT2D eigenvalue weighted by Crippen LogP contribution is -2.05. The van der Waals surface area contributed by atoms with Gasteiger partial charge in [0.25, 0.3) is 5.69 Å². The SMILES string of the molecule is Cc1ccc2ncc(C(=O)c3ccc([N+](=O)[O-])cc3)n2c1. The van der Waals surface area contributed by atoms with Gasteiger partial charge in [0.2, 0.25) is 5.78 Å². The molecule has 0 saturated carbocycles. The highest BCUT2D eigenvalue weighted by Crippen LogP contribution is 2.17. The number of nitro benzene ring substituents is 1. The van der Waals surface area contributed by atoms with Crippen molar-refractivity contribution < 1.29 is 9.72 Å². The van der Waals surface area contributed by atoms with Crippen molar-refractivity contribution in [3.8, 4) is 0 Å². The average Bonchev–Trinajstić information content (AvgIpc) is 2.89. The first-order valence-corrected chi connectivity index (χ1v) is 6.29. The van der Waals surface area contributed by atoms with E-state index < -0.39 is 4.92 Å². The molecule has 0 aliphatic heterocycles. The van der Waals surface area contributed by atoms with E-state index in [2.05, 4.69) is 4.98 Å². The summed E-state index contributed by atoms with van der Waals surface area (Å²) in [6.45, 7) is 1.93. The van der Waals surface area contributed by atoms with Crippen molar-refractivity contribution in [2.75, 3.05) is 0 Å². The van der Waals surface area contributed by atoms with E-state index in [-0.39, 0.29) is 11.5 Å². The normalized spacial score (nSPS) is 10.7. The van der Waals surface area contributed by atoms with Crippen molar-refractivity contribution in [1.82, 2.24) is 9.38 Å². The van der Waals surface area contributed by atoms with Crippen LogP contribution in [0.3, 0.4) is 0 Å². The summed E-state index contributed by atoms with van der Waals surface area (Å²) in [6.07, 6.45) is 3.35. The molecule has 0 aliphatic carbocycles. The first-order valence-electron chi connectivity index (χ1n) is 6.29. The van der Waals surface area contributed by atoms with E-state index in [0.29, 0.717) is 16.9 Å². The van der Waals surface area contributed by atoms with Crippen LogP contribution in [-0.4, -0.2) is 20.1 Å². The maximum absolute atomic E-state index is 12.5. The number of nitro groups is 1. The number of hydrogen-bond donors (Lipinski definition) is 0. The first-order chi connectivity index (χ1) is 10.1. The van der Waals surface area contributed by atoms with Gasteiger partial charge in [-0.15, -0.1) is 0 Å². The Kier molecular flexibility index (Phi) is 2.98. The third kappa shape index (κ3) is 2.27. The Bertz CT molecular complexity index is 850. The van der Waals surface area contributed by atoms with Gasteiger partial charge in [-0.3, -0.25) is 19.3 Å². The number of ketones is 1. The van der Waals surface area contributed by atoms with Crippen LogP contribution in [0.15, 0.2) is 48.8 Å². The van der Waals surface area contributed by atoms with Crippen LogP contribution in [-0.2, 0) is 0 Å². The highest BCUT2D eigenvalue weighted by Gasteiger charge is 2.15. The minimum Gasteiger partial charge on any atom is -0.296 e. The number of carbonyl (C=O) groups is 1. The zero-order valence-corrected chi connectivity index (χ0v) is 11.2. The molecule has 0 bridgehead atoms. The zero-order chi connectivity index (χ0) is 15.0. The monoisotopic (exact) mass is 281 g/mol. The van der Waals surface area contributed by atoms with Gasteiger partial charge in [-0.05, 0) is 30.7 Å². The van der Waals surface area contributed by atoms with Crippen LogP contribution in [0.2, 0.25) is 0 Å². The molecule has 21 heavy (non-hydrogen) atoms. The van der Waals surface area contributed by atoms with Crippen molar-refractivity contribution in [2.24, 2.45) is 0 Å². The minimum atomic E-state index is -0.494. The average molecular weight is 281 g/mol.